The van der Waals surface area contributed by atoms with Crippen LogP contribution in [0.3, 0.4) is 0 Å². The van der Waals surface area contributed by atoms with E-state index in [0.717, 1.165) is 12.1 Å². The summed E-state index contributed by atoms with van der Waals surface area (Å²) in [5.74, 6) is -1.97. The average Bonchev–Trinajstić information content (AvgIpc) is 2.27. The molecule has 0 radical (unpaired) electrons. The lowest BCUT2D eigenvalue weighted by Gasteiger charge is -2.06. The van der Waals surface area contributed by atoms with E-state index >= 15 is 0 Å². The molecule has 0 unspecified atom stereocenters. The van der Waals surface area contributed by atoms with E-state index in [1.807, 2.05) is 0 Å². The van der Waals surface area contributed by atoms with Crippen LogP contribution in [0, 0.1) is 15.9 Å². The summed E-state index contributed by atoms with van der Waals surface area (Å²) in [6.07, 6.45) is 0. The Hall–Kier alpha value is -1.69. The molecule has 0 N–H and O–H groups in total. The van der Waals surface area contributed by atoms with Crippen molar-refractivity contribution in [2.75, 3.05) is 6.61 Å². The third-order valence-electron chi connectivity index (χ3n) is 1.98. The summed E-state index contributed by atoms with van der Waals surface area (Å²) in [6, 6.07) is 1.69. The highest BCUT2D eigenvalue weighted by Gasteiger charge is 2.26. The molecule has 5 nitrogen and oxygen atoms in total. The van der Waals surface area contributed by atoms with Gasteiger partial charge in [-0.1, -0.05) is 0 Å². The summed E-state index contributed by atoms with van der Waals surface area (Å²) in [5, 5.41) is 10.8. The lowest BCUT2D eigenvalue weighted by Crippen LogP contribution is -2.10. The van der Waals surface area contributed by atoms with E-state index in [0.29, 0.717) is 0 Å². The van der Waals surface area contributed by atoms with Gasteiger partial charge in [-0.05, 0) is 19.1 Å². The zero-order valence-corrected chi connectivity index (χ0v) is 9.66. The number of carbonyl (C=O) groups is 1. The number of nitro benzene ring substituents is 1. The van der Waals surface area contributed by atoms with E-state index in [4.69, 9.17) is 11.6 Å². The zero-order valence-electron chi connectivity index (χ0n) is 8.91. The van der Waals surface area contributed by atoms with E-state index in [-0.39, 0.29) is 18.1 Å². The van der Waals surface area contributed by atoms with Gasteiger partial charge in [-0.25, -0.2) is 9.18 Å². The van der Waals surface area contributed by atoms with Crippen LogP contribution in [0.1, 0.15) is 22.8 Å². The Morgan fingerprint density at radius 2 is 2.24 bits per heavy atom. The van der Waals surface area contributed by atoms with Crippen LogP contribution in [0.2, 0.25) is 0 Å². The summed E-state index contributed by atoms with van der Waals surface area (Å²) < 4.78 is 17.8. The smallest absolute Gasteiger partial charge is 0.345 e. The van der Waals surface area contributed by atoms with E-state index in [1.54, 1.807) is 6.92 Å². The number of hydrogen-bond donors (Lipinski definition) is 0. The molecule has 0 amide bonds. The monoisotopic (exact) mass is 261 g/mol. The first-order valence-corrected chi connectivity index (χ1v) is 5.24. The highest BCUT2D eigenvalue weighted by molar-refractivity contribution is 6.17. The third-order valence-corrected chi connectivity index (χ3v) is 2.26. The molecule has 7 heteroatoms. The molecule has 0 aliphatic rings. The molecule has 0 spiro atoms. The van der Waals surface area contributed by atoms with Gasteiger partial charge in [0.05, 0.1) is 17.4 Å². The van der Waals surface area contributed by atoms with Crippen LogP contribution < -0.4 is 0 Å². The number of nitrogens with zero attached hydrogens (tertiary/aromatic N) is 1. The van der Waals surface area contributed by atoms with Crippen molar-refractivity contribution in [1.29, 1.82) is 0 Å². The summed E-state index contributed by atoms with van der Waals surface area (Å²) in [7, 11) is 0. The minimum atomic E-state index is -0.940. The van der Waals surface area contributed by atoms with Crippen LogP contribution in [0.15, 0.2) is 12.1 Å². The molecule has 0 heterocycles. The van der Waals surface area contributed by atoms with Crippen LogP contribution in [0.5, 0.6) is 0 Å². The molecule has 1 rings (SSSR count). The number of carbonyl (C=O) groups excluding carboxylic acids is 1. The maximum Gasteiger partial charge on any atom is 0.345 e. The molecule has 0 saturated carbocycles. The second-order valence-electron chi connectivity index (χ2n) is 3.07. The maximum atomic E-state index is 13.2. The van der Waals surface area contributed by atoms with Gasteiger partial charge in [-0.2, -0.15) is 0 Å². The Kier molecular flexibility index (Phi) is 4.39. The van der Waals surface area contributed by atoms with Gasteiger partial charge in [0.1, 0.15) is 11.4 Å². The Labute approximate surface area is 101 Å². The third kappa shape index (κ3) is 2.91. The molecule has 0 atom stereocenters. The van der Waals surface area contributed by atoms with Gasteiger partial charge in [0.15, 0.2) is 0 Å². The van der Waals surface area contributed by atoms with Crippen LogP contribution >= 0.6 is 11.6 Å². The van der Waals surface area contributed by atoms with Gasteiger partial charge in [0, 0.05) is 5.56 Å². The molecule has 0 fully saturated rings. The summed E-state index contributed by atoms with van der Waals surface area (Å²) in [6.45, 7) is 1.59. The number of rotatable bonds is 4. The Morgan fingerprint density at radius 1 is 1.59 bits per heavy atom. The van der Waals surface area contributed by atoms with Gasteiger partial charge in [-0.15, -0.1) is 11.6 Å². The molecule has 1 aromatic carbocycles. The Balaban J connectivity index is 3.40. The quantitative estimate of drug-likeness (QED) is 0.362. The predicted octanol–water partition coefficient (Wildman–Crippen LogP) is 2.65. The van der Waals surface area contributed by atoms with Crippen molar-refractivity contribution in [2.45, 2.75) is 12.8 Å². The SMILES string of the molecule is CCOC(=O)c1cc(F)cc(CCl)c1[N+](=O)[O-]. The van der Waals surface area contributed by atoms with Crippen molar-refractivity contribution in [3.05, 3.63) is 39.2 Å². The van der Waals surface area contributed by atoms with Crippen molar-refractivity contribution in [3.8, 4) is 0 Å². The highest BCUT2D eigenvalue weighted by atomic mass is 35.5. The molecule has 0 aliphatic carbocycles. The number of ether oxygens (including phenoxy) is 1. The van der Waals surface area contributed by atoms with Crippen molar-refractivity contribution < 1.29 is 18.8 Å². The van der Waals surface area contributed by atoms with Gasteiger partial charge in [0.2, 0.25) is 0 Å². The lowest BCUT2D eigenvalue weighted by atomic mass is 10.1. The molecule has 0 aromatic heterocycles. The number of halogens is 2. The molecule has 0 aliphatic heterocycles. The number of hydrogen-bond acceptors (Lipinski definition) is 4. The van der Waals surface area contributed by atoms with Gasteiger partial charge in [-0.3, -0.25) is 10.1 Å². The zero-order chi connectivity index (χ0) is 13.0. The van der Waals surface area contributed by atoms with Crippen molar-refractivity contribution >= 4 is 23.3 Å². The van der Waals surface area contributed by atoms with Gasteiger partial charge in [0.25, 0.3) is 5.69 Å². The van der Waals surface area contributed by atoms with E-state index in [2.05, 4.69) is 4.74 Å². The Bertz CT molecular complexity index is 464. The fraction of sp³-hybridized carbons (Fsp3) is 0.300. The second-order valence-corrected chi connectivity index (χ2v) is 3.34. The van der Waals surface area contributed by atoms with Crippen molar-refractivity contribution in [1.82, 2.24) is 0 Å². The minimum Gasteiger partial charge on any atom is -0.462 e. The molecule has 0 saturated heterocycles. The van der Waals surface area contributed by atoms with Crippen LogP contribution in [-0.2, 0) is 10.6 Å². The predicted molar refractivity (Wildman–Crippen MR) is 58.6 cm³/mol. The molecule has 17 heavy (non-hydrogen) atoms. The topological polar surface area (TPSA) is 69.4 Å². The van der Waals surface area contributed by atoms with Gasteiger partial charge >= 0.3 is 5.97 Å². The van der Waals surface area contributed by atoms with Crippen molar-refractivity contribution in [3.63, 3.8) is 0 Å². The first-order chi connectivity index (χ1) is 8.01. The van der Waals surface area contributed by atoms with Gasteiger partial charge < -0.3 is 4.74 Å². The molecule has 92 valence electrons. The van der Waals surface area contributed by atoms with E-state index in [9.17, 15) is 19.3 Å². The maximum absolute atomic E-state index is 13.2. The fourth-order valence-corrected chi connectivity index (χ4v) is 1.54. The standard InChI is InChI=1S/C10H9ClFNO4/c1-2-17-10(14)8-4-7(12)3-6(5-11)9(8)13(15)16/h3-4H,2,5H2,1H3. The van der Waals surface area contributed by atoms with Crippen molar-refractivity contribution in [2.24, 2.45) is 0 Å². The fourth-order valence-electron chi connectivity index (χ4n) is 1.34. The summed E-state index contributed by atoms with van der Waals surface area (Å²) in [4.78, 5) is 21.5. The molecular weight excluding hydrogens is 253 g/mol. The number of esters is 1. The number of alkyl halides is 1. The Morgan fingerprint density at radius 3 is 2.71 bits per heavy atom. The number of nitro groups is 1. The normalized spacial score (nSPS) is 10.1. The highest BCUT2D eigenvalue weighted by Crippen LogP contribution is 2.27. The molecule has 1 aromatic rings. The summed E-state index contributed by atoms with van der Waals surface area (Å²) in [5.41, 5.74) is -0.993. The van der Waals surface area contributed by atoms with Crippen LogP contribution in [-0.4, -0.2) is 17.5 Å². The summed E-state index contributed by atoms with van der Waals surface area (Å²) >= 11 is 5.48. The van der Waals surface area contributed by atoms with Crippen LogP contribution in [0.4, 0.5) is 10.1 Å². The largest absolute Gasteiger partial charge is 0.462 e. The second kappa shape index (κ2) is 5.58. The van der Waals surface area contributed by atoms with Crippen LogP contribution in [0.25, 0.3) is 0 Å². The minimum absolute atomic E-state index is 0.0444. The average molecular weight is 262 g/mol. The van der Waals surface area contributed by atoms with E-state index < -0.39 is 28.0 Å². The first-order valence-electron chi connectivity index (χ1n) is 4.71. The molecule has 0 bridgehead atoms. The van der Waals surface area contributed by atoms with E-state index in [1.165, 1.54) is 0 Å². The first kappa shape index (κ1) is 13.4. The number of benzene rings is 1. The lowest BCUT2D eigenvalue weighted by molar-refractivity contribution is -0.385. The molecular formula is C10H9ClFNO4.